The van der Waals surface area contributed by atoms with Crippen molar-refractivity contribution >= 4 is 0 Å². The Morgan fingerprint density at radius 2 is 1.83 bits per heavy atom. The van der Waals surface area contributed by atoms with Gasteiger partial charge in [0.05, 0.1) is 7.11 Å². The highest BCUT2D eigenvalue weighted by atomic mass is 19.1. The lowest BCUT2D eigenvalue weighted by Gasteiger charge is -2.03. The molecule has 0 fully saturated rings. The number of para-hydroxylation sites is 1. The van der Waals surface area contributed by atoms with E-state index in [2.05, 4.69) is 0 Å². The van der Waals surface area contributed by atoms with E-state index in [-0.39, 0.29) is 5.82 Å². The van der Waals surface area contributed by atoms with Gasteiger partial charge >= 0.3 is 0 Å². The molecule has 1 aromatic carbocycles. The Hall–Kier alpha value is -1.05. The summed E-state index contributed by atoms with van der Waals surface area (Å²) in [6.07, 6.45) is 0. The Labute approximate surface area is 73.2 Å². The molecule has 0 aliphatic carbocycles. The number of halogens is 1. The van der Waals surface area contributed by atoms with Crippen LogP contribution in [0.5, 0.6) is 5.75 Å². The molecule has 0 unspecified atom stereocenters. The van der Waals surface area contributed by atoms with Gasteiger partial charge in [0, 0.05) is 0 Å². The van der Waals surface area contributed by atoms with Gasteiger partial charge in [-0.15, -0.1) is 0 Å². The minimum atomic E-state index is -0.303. The van der Waals surface area contributed by atoms with Gasteiger partial charge in [-0.25, -0.2) is 4.39 Å². The normalized spacial score (nSPS) is 8.42. The third-order valence-corrected chi connectivity index (χ3v) is 1.37. The Morgan fingerprint density at radius 1 is 1.25 bits per heavy atom. The molecule has 0 atom stereocenters. The van der Waals surface area contributed by atoms with Gasteiger partial charge in [-0.1, -0.05) is 26.0 Å². The van der Waals surface area contributed by atoms with Gasteiger partial charge in [-0.3, -0.25) is 0 Å². The first-order chi connectivity index (χ1) is 5.75. The molecule has 0 aromatic heterocycles. The summed E-state index contributed by atoms with van der Waals surface area (Å²) in [7, 11) is 1.46. The van der Waals surface area contributed by atoms with Crippen molar-refractivity contribution in [2.75, 3.05) is 7.11 Å². The zero-order valence-corrected chi connectivity index (χ0v) is 8.02. The molecule has 0 radical (unpaired) electrons. The van der Waals surface area contributed by atoms with Crippen LogP contribution in [0.3, 0.4) is 0 Å². The van der Waals surface area contributed by atoms with Crippen molar-refractivity contribution in [3.05, 3.63) is 29.6 Å². The van der Waals surface area contributed by atoms with Gasteiger partial charge in [-0.2, -0.15) is 0 Å². The van der Waals surface area contributed by atoms with Crippen LogP contribution < -0.4 is 4.74 Å². The fourth-order valence-electron chi connectivity index (χ4n) is 0.875. The molecule has 0 spiro atoms. The molecule has 2 heteroatoms. The van der Waals surface area contributed by atoms with Crippen molar-refractivity contribution in [1.29, 1.82) is 0 Å². The van der Waals surface area contributed by atoms with Crippen LogP contribution in [0.15, 0.2) is 18.2 Å². The predicted molar refractivity (Wildman–Crippen MR) is 49.0 cm³/mol. The first-order valence-corrected chi connectivity index (χ1v) is 4.05. The fourth-order valence-corrected chi connectivity index (χ4v) is 0.875. The summed E-state index contributed by atoms with van der Waals surface area (Å²) in [5.41, 5.74) is 0.822. The first kappa shape index (κ1) is 11.0. The van der Waals surface area contributed by atoms with Crippen LogP contribution in [0, 0.1) is 12.7 Å². The van der Waals surface area contributed by atoms with Crippen molar-refractivity contribution in [1.82, 2.24) is 0 Å². The average molecular weight is 170 g/mol. The largest absolute Gasteiger partial charge is 0.493 e. The maximum atomic E-state index is 12.7. The molecule has 0 amide bonds. The molecule has 0 aliphatic rings. The number of benzene rings is 1. The summed E-state index contributed by atoms with van der Waals surface area (Å²) in [6.45, 7) is 5.81. The lowest BCUT2D eigenvalue weighted by molar-refractivity contribution is 0.383. The molecular formula is C10H15FO. The van der Waals surface area contributed by atoms with Crippen LogP contribution in [0.1, 0.15) is 19.4 Å². The summed E-state index contributed by atoms with van der Waals surface area (Å²) in [5.74, 6) is 0.0324. The highest BCUT2D eigenvalue weighted by molar-refractivity contribution is 5.33. The van der Waals surface area contributed by atoms with Gasteiger partial charge in [0.25, 0.3) is 0 Å². The zero-order chi connectivity index (χ0) is 9.56. The first-order valence-electron chi connectivity index (χ1n) is 4.05. The van der Waals surface area contributed by atoms with Crippen LogP contribution in [0.2, 0.25) is 0 Å². The standard InChI is InChI=1S/C8H9FO.C2H6/c1-6-4-3-5-7(9)8(6)10-2;1-2/h3-5H,1-2H3;1-2H3. The van der Waals surface area contributed by atoms with E-state index in [1.807, 2.05) is 26.8 Å². The summed E-state index contributed by atoms with van der Waals surface area (Å²) in [5, 5.41) is 0. The number of ether oxygens (including phenoxy) is 1. The van der Waals surface area contributed by atoms with Crippen LogP contribution in [0.25, 0.3) is 0 Å². The molecule has 0 saturated carbocycles. The third-order valence-electron chi connectivity index (χ3n) is 1.37. The molecule has 1 aromatic rings. The summed E-state index contributed by atoms with van der Waals surface area (Å²) < 4.78 is 17.5. The molecule has 68 valence electrons. The molecule has 0 aliphatic heterocycles. The SMILES string of the molecule is CC.COc1c(C)cccc1F. The molecule has 0 bridgehead atoms. The molecular weight excluding hydrogens is 155 g/mol. The van der Waals surface area contributed by atoms with Crippen molar-refractivity contribution in [3.63, 3.8) is 0 Å². The molecule has 0 saturated heterocycles. The van der Waals surface area contributed by atoms with Gasteiger partial charge in [0.1, 0.15) is 0 Å². The summed E-state index contributed by atoms with van der Waals surface area (Å²) in [4.78, 5) is 0. The van der Waals surface area contributed by atoms with Crippen LogP contribution in [-0.2, 0) is 0 Å². The topological polar surface area (TPSA) is 9.23 Å². The Kier molecular flexibility index (Phi) is 5.09. The van der Waals surface area contributed by atoms with Crippen LogP contribution >= 0.6 is 0 Å². The fraction of sp³-hybridized carbons (Fsp3) is 0.400. The lowest BCUT2D eigenvalue weighted by atomic mass is 10.2. The second-order valence-corrected chi connectivity index (χ2v) is 2.09. The molecule has 12 heavy (non-hydrogen) atoms. The number of aryl methyl sites for hydroxylation is 1. The van der Waals surface area contributed by atoms with Gasteiger partial charge in [0.15, 0.2) is 11.6 Å². The number of rotatable bonds is 1. The molecule has 1 nitrogen and oxygen atoms in total. The molecule has 0 N–H and O–H groups in total. The summed E-state index contributed by atoms with van der Waals surface area (Å²) >= 11 is 0. The van der Waals surface area contributed by atoms with E-state index in [1.54, 1.807) is 6.07 Å². The quantitative estimate of drug-likeness (QED) is 0.629. The van der Waals surface area contributed by atoms with E-state index >= 15 is 0 Å². The van der Waals surface area contributed by atoms with Gasteiger partial charge in [-0.05, 0) is 18.6 Å². The Morgan fingerprint density at radius 3 is 2.17 bits per heavy atom. The third kappa shape index (κ3) is 2.53. The van der Waals surface area contributed by atoms with E-state index in [9.17, 15) is 4.39 Å². The number of hydrogen-bond acceptors (Lipinski definition) is 1. The van der Waals surface area contributed by atoms with E-state index < -0.39 is 0 Å². The van der Waals surface area contributed by atoms with Crippen molar-refractivity contribution in [2.24, 2.45) is 0 Å². The number of methoxy groups -OCH3 is 1. The summed E-state index contributed by atoms with van der Waals surface area (Å²) in [6, 6.07) is 4.85. The highest BCUT2D eigenvalue weighted by Crippen LogP contribution is 2.20. The minimum Gasteiger partial charge on any atom is -0.493 e. The monoisotopic (exact) mass is 170 g/mol. The minimum absolute atomic E-state index is 0.303. The Balaban J connectivity index is 0.000000561. The van der Waals surface area contributed by atoms with Crippen molar-refractivity contribution < 1.29 is 9.13 Å². The van der Waals surface area contributed by atoms with Crippen molar-refractivity contribution in [2.45, 2.75) is 20.8 Å². The van der Waals surface area contributed by atoms with E-state index in [4.69, 9.17) is 4.74 Å². The maximum Gasteiger partial charge on any atom is 0.165 e. The van der Waals surface area contributed by atoms with E-state index in [0.29, 0.717) is 5.75 Å². The van der Waals surface area contributed by atoms with E-state index in [0.717, 1.165) is 5.56 Å². The zero-order valence-electron chi connectivity index (χ0n) is 8.02. The highest BCUT2D eigenvalue weighted by Gasteiger charge is 2.02. The Bertz CT molecular complexity index is 213. The second-order valence-electron chi connectivity index (χ2n) is 2.09. The molecule has 1 rings (SSSR count). The van der Waals surface area contributed by atoms with Crippen LogP contribution in [-0.4, -0.2) is 7.11 Å². The van der Waals surface area contributed by atoms with Crippen molar-refractivity contribution in [3.8, 4) is 5.75 Å². The van der Waals surface area contributed by atoms with Gasteiger partial charge < -0.3 is 4.74 Å². The molecule has 0 heterocycles. The van der Waals surface area contributed by atoms with E-state index in [1.165, 1.54) is 13.2 Å². The second kappa shape index (κ2) is 5.58. The lowest BCUT2D eigenvalue weighted by Crippen LogP contribution is -1.89. The average Bonchev–Trinajstić information content (AvgIpc) is 2.08. The van der Waals surface area contributed by atoms with Gasteiger partial charge in [0.2, 0.25) is 0 Å². The predicted octanol–water partition coefficient (Wildman–Crippen LogP) is 3.17. The van der Waals surface area contributed by atoms with Crippen LogP contribution in [0.4, 0.5) is 4.39 Å². The smallest absolute Gasteiger partial charge is 0.165 e. The number of hydrogen-bond donors (Lipinski definition) is 0. The maximum absolute atomic E-state index is 12.7.